The number of benzene rings is 3. The normalized spacial score (nSPS) is 10.4. The third kappa shape index (κ3) is 4.79. The lowest BCUT2D eigenvalue weighted by Gasteiger charge is -2.10. The molecule has 2 N–H and O–H groups in total. The summed E-state index contributed by atoms with van der Waals surface area (Å²) in [4.78, 5) is 12.3. The Kier molecular flexibility index (Phi) is 5.66. The molecule has 8 nitrogen and oxygen atoms in total. The van der Waals surface area contributed by atoms with Gasteiger partial charge in [0.1, 0.15) is 11.5 Å². The topological polar surface area (TPSA) is 94.0 Å². The van der Waals surface area contributed by atoms with Crippen molar-refractivity contribution in [3.05, 3.63) is 78.9 Å². The molecule has 1 heterocycles. The Morgan fingerprint density at radius 3 is 2.43 bits per heavy atom. The van der Waals surface area contributed by atoms with Crippen LogP contribution in [0.5, 0.6) is 11.5 Å². The summed E-state index contributed by atoms with van der Waals surface area (Å²) in [6.45, 7) is 0.128. The van der Waals surface area contributed by atoms with Crippen LogP contribution in [0.3, 0.4) is 0 Å². The fourth-order valence-electron chi connectivity index (χ4n) is 2.86. The Hall–Kier alpha value is -4.20. The molecule has 0 radical (unpaired) electrons. The van der Waals surface area contributed by atoms with Gasteiger partial charge in [-0.1, -0.05) is 30.3 Å². The molecule has 1 amide bonds. The SMILES string of the molecule is Cn1nnnc1-c1cccc(NCC(=O)Nc2ccc(Oc3ccccc3)cc2)c1. The van der Waals surface area contributed by atoms with Gasteiger partial charge in [-0.05, 0) is 59.0 Å². The van der Waals surface area contributed by atoms with E-state index in [1.807, 2.05) is 66.7 Å². The Bertz CT molecular complexity index is 1130. The Labute approximate surface area is 173 Å². The molecule has 0 fully saturated rings. The monoisotopic (exact) mass is 400 g/mol. The molecule has 0 aliphatic carbocycles. The first-order valence-electron chi connectivity index (χ1n) is 9.37. The van der Waals surface area contributed by atoms with Crippen molar-refractivity contribution in [2.45, 2.75) is 0 Å². The van der Waals surface area contributed by atoms with Crippen molar-refractivity contribution in [3.63, 3.8) is 0 Å². The Balaban J connectivity index is 1.31. The van der Waals surface area contributed by atoms with Crippen LogP contribution in [0.4, 0.5) is 11.4 Å². The molecule has 150 valence electrons. The zero-order chi connectivity index (χ0) is 20.8. The Morgan fingerprint density at radius 2 is 1.70 bits per heavy atom. The van der Waals surface area contributed by atoms with Gasteiger partial charge in [-0.3, -0.25) is 4.79 Å². The van der Waals surface area contributed by atoms with Crippen molar-refractivity contribution in [3.8, 4) is 22.9 Å². The number of rotatable bonds is 7. The zero-order valence-electron chi connectivity index (χ0n) is 16.3. The highest BCUT2D eigenvalue weighted by molar-refractivity contribution is 5.93. The van der Waals surface area contributed by atoms with E-state index in [9.17, 15) is 4.79 Å². The predicted octanol–water partition coefficient (Wildman–Crippen LogP) is 3.72. The molecule has 0 bridgehead atoms. The molecule has 4 aromatic rings. The van der Waals surface area contributed by atoms with Crippen molar-refractivity contribution >= 4 is 17.3 Å². The second-order valence-corrected chi connectivity index (χ2v) is 6.55. The van der Waals surface area contributed by atoms with Crippen LogP contribution in [-0.4, -0.2) is 32.7 Å². The van der Waals surface area contributed by atoms with Gasteiger partial charge in [0.05, 0.1) is 6.54 Å². The first kappa shape index (κ1) is 19.1. The van der Waals surface area contributed by atoms with Crippen LogP contribution in [-0.2, 0) is 11.8 Å². The number of anilines is 2. The number of aryl methyl sites for hydroxylation is 1. The van der Waals surface area contributed by atoms with Crippen LogP contribution in [0, 0.1) is 0 Å². The molecular formula is C22H20N6O2. The summed E-state index contributed by atoms with van der Waals surface area (Å²) in [7, 11) is 1.78. The van der Waals surface area contributed by atoms with Crippen LogP contribution in [0.25, 0.3) is 11.4 Å². The van der Waals surface area contributed by atoms with Crippen LogP contribution in [0.1, 0.15) is 0 Å². The molecule has 0 unspecified atom stereocenters. The van der Waals surface area contributed by atoms with E-state index in [-0.39, 0.29) is 12.5 Å². The van der Waals surface area contributed by atoms with Crippen LogP contribution < -0.4 is 15.4 Å². The van der Waals surface area contributed by atoms with Gasteiger partial charge in [0.25, 0.3) is 0 Å². The summed E-state index contributed by atoms with van der Waals surface area (Å²) < 4.78 is 7.35. The third-order valence-corrected chi connectivity index (χ3v) is 4.31. The second-order valence-electron chi connectivity index (χ2n) is 6.55. The first-order valence-corrected chi connectivity index (χ1v) is 9.37. The molecule has 0 aliphatic heterocycles. The molecule has 0 spiro atoms. The average Bonchev–Trinajstić information content (AvgIpc) is 3.21. The molecule has 4 rings (SSSR count). The fraction of sp³-hybridized carbons (Fsp3) is 0.0909. The van der Waals surface area contributed by atoms with E-state index in [1.165, 1.54) is 0 Å². The molecule has 8 heteroatoms. The summed E-state index contributed by atoms with van der Waals surface area (Å²) in [6.07, 6.45) is 0. The number of nitrogens with one attached hydrogen (secondary N) is 2. The van der Waals surface area contributed by atoms with Crippen molar-refractivity contribution < 1.29 is 9.53 Å². The second kappa shape index (κ2) is 8.87. The van der Waals surface area contributed by atoms with Gasteiger partial charge in [0.15, 0.2) is 5.82 Å². The molecule has 0 atom stereocenters. The number of ether oxygens (including phenoxy) is 1. The number of hydrogen-bond donors (Lipinski definition) is 2. The molecule has 0 aliphatic rings. The highest BCUT2D eigenvalue weighted by Gasteiger charge is 2.08. The van der Waals surface area contributed by atoms with Crippen molar-refractivity contribution in [1.82, 2.24) is 20.2 Å². The largest absolute Gasteiger partial charge is 0.457 e. The van der Waals surface area contributed by atoms with E-state index in [0.29, 0.717) is 17.3 Å². The third-order valence-electron chi connectivity index (χ3n) is 4.31. The van der Waals surface area contributed by atoms with E-state index in [0.717, 1.165) is 17.0 Å². The lowest BCUT2D eigenvalue weighted by Crippen LogP contribution is -2.21. The maximum atomic E-state index is 12.3. The summed E-state index contributed by atoms with van der Waals surface area (Å²) in [5.74, 6) is 1.96. The van der Waals surface area contributed by atoms with E-state index in [4.69, 9.17) is 4.74 Å². The zero-order valence-corrected chi connectivity index (χ0v) is 16.3. The van der Waals surface area contributed by atoms with Crippen molar-refractivity contribution in [2.24, 2.45) is 7.05 Å². The van der Waals surface area contributed by atoms with E-state index in [2.05, 4.69) is 26.2 Å². The quantitative estimate of drug-likeness (QED) is 0.491. The standard InChI is InChI=1S/C22H20N6O2/c1-28-22(25-26-27-28)16-6-5-7-18(14-16)23-15-21(29)24-17-10-12-20(13-11-17)30-19-8-3-2-4-9-19/h2-14,23H,15H2,1H3,(H,24,29). The lowest BCUT2D eigenvalue weighted by atomic mass is 10.2. The van der Waals surface area contributed by atoms with Gasteiger partial charge in [-0.25, -0.2) is 4.68 Å². The molecule has 0 saturated heterocycles. The van der Waals surface area contributed by atoms with Crippen LogP contribution >= 0.6 is 0 Å². The predicted molar refractivity (Wildman–Crippen MR) is 114 cm³/mol. The molecule has 3 aromatic carbocycles. The number of nitrogens with zero attached hydrogens (tertiary/aromatic N) is 4. The van der Waals surface area contributed by atoms with Gasteiger partial charge in [-0.2, -0.15) is 0 Å². The summed E-state index contributed by atoms with van der Waals surface area (Å²) >= 11 is 0. The lowest BCUT2D eigenvalue weighted by molar-refractivity contribution is -0.114. The minimum absolute atomic E-state index is 0.128. The average molecular weight is 400 g/mol. The summed E-state index contributed by atoms with van der Waals surface area (Å²) in [5, 5.41) is 17.5. The fourth-order valence-corrected chi connectivity index (χ4v) is 2.86. The number of amides is 1. The minimum atomic E-state index is -0.155. The molecule has 1 aromatic heterocycles. The van der Waals surface area contributed by atoms with Crippen molar-refractivity contribution in [1.29, 1.82) is 0 Å². The highest BCUT2D eigenvalue weighted by atomic mass is 16.5. The van der Waals surface area contributed by atoms with E-state index >= 15 is 0 Å². The Morgan fingerprint density at radius 1 is 0.933 bits per heavy atom. The van der Waals surface area contributed by atoms with E-state index < -0.39 is 0 Å². The molecule has 0 saturated carbocycles. The number of carbonyl (C=O) groups is 1. The summed E-state index contributed by atoms with van der Waals surface area (Å²) in [5.41, 5.74) is 2.36. The number of carbonyl (C=O) groups excluding carboxylic acids is 1. The smallest absolute Gasteiger partial charge is 0.243 e. The highest BCUT2D eigenvalue weighted by Crippen LogP contribution is 2.23. The van der Waals surface area contributed by atoms with Crippen molar-refractivity contribution in [2.75, 3.05) is 17.2 Å². The van der Waals surface area contributed by atoms with Gasteiger partial charge < -0.3 is 15.4 Å². The van der Waals surface area contributed by atoms with Gasteiger partial charge in [0, 0.05) is 24.0 Å². The van der Waals surface area contributed by atoms with Gasteiger partial charge in [0.2, 0.25) is 5.91 Å². The minimum Gasteiger partial charge on any atom is -0.457 e. The van der Waals surface area contributed by atoms with Crippen LogP contribution in [0.2, 0.25) is 0 Å². The van der Waals surface area contributed by atoms with Gasteiger partial charge in [-0.15, -0.1) is 5.10 Å². The maximum absolute atomic E-state index is 12.3. The maximum Gasteiger partial charge on any atom is 0.243 e. The first-order chi connectivity index (χ1) is 14.7. The number of para-hydroxylation sites is 1. The van der Waals surface area contributed by atoms with Crippen LogP contribution in [0.15, 0.2) is 78.9 Å². The van der Waals surface area contributed by atoms with Gasteiger partial charge >= 0.3 is 0 Å². The number of tetrazole rings is 1. The molecule has 30 heavy (non-hydrogen) atoms. The number of aromatic nitrogens is 4. The summed E-state index contributed by atoms with van der Waals surface area (Å²) in [6, 6.07) is 24.3. The molecular weight excluding hydrogens is 380 g/mol. The van der Waals surface area contributed by atoms with E-state index in [1.54, 1.807) is 23.9 Å². The number of hydrogen-bond acceptors (Lipinski definition) is 6.